The van der Waals surface area contributed by atoms with E-state index < -0.39 is 0 Å². The van der Waals surface area contributed by atoms with Crippen LogP contribution in [0.2, 0.25) is 0 Å². The van der Waals surface area contributed by atoms with Crippen molar-refractivity contribution in [1.82, 2.24) is 0 Å². The highest BCUT2D eigenvalue weighted by molar-refractivity contribution is 5.76. The molecule has 0 saturated heterocycles. The van der Waals surface area contributed by atoms with Gasteiger partial charge in [0.25, 0.3) is 0 Å². The normalized spacial score (nSPS) is 10.7. The first-order valence-electron chi connectivity index (χ1n) is 3.23. The Hall–Kier alpha value is -1.06. The van der Waals surface area contributed by atoms with E-state index in [0.717, 1.165) is 6.42 Å². The van der Waals surface area contributed by atoms with Gasteiger partial charge in [0.1, 0.15) is 0 Å². The minimum atomic E-state index is 0.00000567. The molecular formula is C6H14N4. The average Bonchev–Trinajstić information content (AvgIpc) is 1.79. The zero-order valence-electron chi connectivity index (χ0n) is 6.41. The molecule has 0 amide bonds. The highest BCUT2D eigenvalue weighted by Gasteiger charge is 1.86. The molecule has 0 bridgehead atoms. The smallest absolute Gasteiger partial charge is 0.211 e. The van der Waals surface area contributed by atoms with E-state index in [1.807, 2.05) is 0 Å². The van der Waals surface area contributed by atoms with E-state index in [0.29, 0.717) is 5.92 Å². The maximum absolute atomic E-state index is 5.02. The van der Waals surface area contributed by atoms with Crippen LogP contribution in [0.15, 0.2) is 10.2 Å². The zero-order chi connectivity index (χ0) is 7.98. The minimum absolute atomic E-state index is 0.00000567. The van der Waals surface area contributed by atoms with Crippen LogP contribution in [0.3, 0.4) is 0 Å². The van der Waals surface area contributed by atoms with Crippen LogP contribution in [0, 0.1) is 5.92 Å². The number of hydrogen-bond acceptors (Lipinski definition) is 2. The van der Waals surface area contributed by atoms with Crippen LogP contribution < -0.4 is 11.5 Å². The van der Waals surface area contributed by atoms with E-state index in [4.69, 9.17) is 11.5 Å². The summed E-state index contributed by atoms with van der Waals surface area (Å²) in [4.78, 5) is 0. The van der Waals surface area contributed by atoms with Gasteiger partial charge < -0.3 is 11.5 Å². The van der Waals surface area contributed by atoms with Crippen molar-refractivity contribution >= 4 is 12.2 Å². The summed E-state index contributed by atoms with van der Waals surface area (Å²) in [6.07, 6.45) is 2.60. The van der Waals surface area contributed by atoms with Gasteiger partial charge in [0.05, 0.1) is 0 Å². The zero-order valence-corrected chi connectivity index (χ0v) is 6.41. The summed E-state index contributed by atoms with van der Waals surface area (Å²) in [5.74, 6) is 0.595. The molecule has 0 aromatic rings. The molecule has 0 radical (unpaired) electrons. The van der Waals surface area contributed by atoms with Crippen LogP contribution >= 0.6 is 0 Å². The van der Waals surface area contributed by atoms with Crippen LogP contribution in [0.25, 0.3) is 0 Å². The van der Waals surface area contributed by atoms with E-state index in [1.165, 1.54) is 0 Å². The van der Waals surface area contributed by atoms with E-state index >= 15 is 0 Å². The topological polar surface area (TPSA) is 76.8 Å². The number of hydrogen-bond donors (Lipinski definition) is 2. The molecule has 0 aliphatic heterocycles. The first kappa shape index (κ1) is 8.94. The molecule has 0 aromatic heterocycles. The van der Waals surface area contributed by atoms with Crippen molar-refractivity contribution in [3.05, 3.63) is 0 Å². The lowest BCUT2D eigenvalue weighted by molar-refractivity contribution is 0.689. The summed E-state index contributed by atoms with van der Waals surface area (Å²) in [5.41, 5.74) is 10.0. The Morgan fingerprint density at radius 1 is 1.50 bits per heavy atom. The summed E-state index contributed by atoms with van der Waals surface area (Å²) in [6.45, 7) is 4.20. The number of rotatable bonds is 3. The molecule has 0 fully saturated rings. The minimum Gasteiger partial charge on any atom is -0.369 e. The Kier molecular flexibility index (Phi) is 4.28. The van der Waals surface area contributed by atoms with Crippen molar-refractivity contribution in [1.29, 1.82) is 0 Å². The molecule has 0 aromatic carbocycles. The molecule has 4 heteroatoms. The lowest BCUT2D eigenvalue weighted by atomic mass is 10.2. The van der Waals surface area contributed by atoms with E-state index in [1.54, 1.807) is 6.21 Å². The largest absolute Gasteiger partial charge is 0.369 e. The van der Waals surface area contributed by atoms with Gasteiger partial charge in [0, 0.05) is 6.21 Å². The van der Waals surface area contributed by atoms with Crippen molar-refractivity contribution in [3.8, 4) is 0 Å². The van der Waals surface area contributed by atoms with Gasteiger partial charge in [-0.25, -0.2) is 0 Å². The fourth-order valence-corrected chi connectivity index (χ4v) is 0.365. The standard InChI is InChI=1S/C6H14N4/c1-5(2)3-4-9-10-6(7)8/h4-5H,3H2,1-2H3,(H4,7,8,10)/b9-4+. The molecule has 0 aliphatic rings. The molecule has 0 aliphatic carbocycles. The van der Waals surface area contributed by atoms with Crippen LogP contribution in [0.1, 0.15) is 20.3 Å². The molecule has 4 nitrogen and oxygen atoms in total. The molecule has 0 unspecified atom stereocenters. The van der Waals surface area contributed by atoms with Crippen molar-refractivity contribution in [2.75, 3.05) is 0 Å². The third-order valence-electron chi connectivity index (χ3n) is 0.832. The number of nitrogens with two attached hydrogens (primary N) is 2. The maximum atomic E-state index is 5.02. The van der Waals surface area contributed by atoms with E-state index in [9.17, 15) is 0 Å². The van der Waals surface area contributed by atoms with Crippen LogP contribution in [-0.4, -0.2) is 12.2 Å². The lowest BCUT2D eigenvalue weighted by Gasteiger charge is -1.93. The second-order valence-electron chi connectivity index (χ2n) is 2.45. The predicted molar refractivity (Wildman–Crippen MR) is 43.8 cm³/mol. The second kappa shape index (κ2) is 4.78. The molecule has 0 saturated carbocycles. The van der Waals surface area contributed by atoms with Crippen molar-refractivity contribution in [3.63, 3.8) is 0 Å². The second-order valence-corrected chi connectivity index (χ2v) is 2.45. The predicted octanol–water partition coefficient (Wildman–Crippen LogP) is 0.292. The molecule has 0 rings (SSSR count). The van der Waals surface area contributed by atoms with Crippen LogP contribution in [0.5, 0.6) is 0 Å². The molecular weight excluding hydrogens is 128 g/mol. The number of nitrogens with zero attached hydrogens (tertiary/aromatic N) is 2. The van der Waals surface area contributed by atoms with Gasteiger partial charge in [-0.05, 0) is 12.3 Å². The fourth-order valence-electron chi connectivity index (χ4n) is 0.365. The Labute approximate surface area is 61.0 Å². The Balaban J connectivity index is 3.48. The Morgan fingerprint density at radius 2 is 2.10 bits per heavy atom. The van der Waals surface area contributed by atoms with Gasteiger partial charge >= 0.3 is 0 Å². The first-order valence-corrected chi connectivity index (χ1v) is 3.23. The molecule has 0 spiro atoms. The summed E-state index contributed by atoms with van der Waals surface area (Å²) in [7, 11) is 0. The number of guanidine groups is 1. The van der Waals surface area contributed by atoms with Crippen molar-refractivity contribution in [2.45, 2.75) is 20.3 Å². The van der Waals surface area contributed by atoms with Gasteiger partial charge in [-0.3, -0.25) is 0 Å². The summed E-state index contributed by atoms with van der Waals surface area (Å²) < 4.78 is 0. The Morgan fingerprint density at radius 3 is 2.50 bits per heavy atom. The van der Waals surface area contributed by atoms with E-state index in [2.05, 4.69) is 24.1 Å². The van der Waals surface area contributed by atoms with Crippen LogP contribution in [-0.2, 0) is 0 Å². The van der Waals surface area contributed by atoms with E-state index in [-0.39, 0.29) is 5.96 Å². The lowest BCUT2D eigenvalue weighted by Crippen LogP contribution is -2.21. The van der Waals surface area contributed by atoms with Gasteiger partial charge in [0.15, 0.2) is 0 Å². The summed E-state index contributed by atoms with van der Waals surface area (Å²) >= 11 is 0. The molecule has 4 N–H and O–H groups in total. The van der Waals surface area contributed by atoms with Crippen LogP contribution in [0.4, 0.5) is 0 Å². The van der Waals surface area contributed by atoms with Gasteiger partial charge in [-0.15, -0.1) is 5.10 Å². The van der Waals surface area contributed by atoms with Crippen molar-refractivity contribution in [2.24, 2.45) is 27.6 Å². The van der Waals surface area contributed by atoms with Gasteiger partial charge in [-0.1, -0.05) is 13.8 Å². The molecule has 58 valence electrons. The average molecular weight is 142 g/mol. The highest BCUT2D eigenvalue weighted by Crippen LogP contribution is 1.94. The quantitative estimate of drug-likeness (QED) is 0.337. The first-order chi connectivity index (χ1) is 4.63. The third kappa shape index (κ3) is 6.94. The summed E-state index contributed by atoms with van der Waals surface area (Å²) in [5, 5.41) is 7.06. The summed E-state index contributed by atoms with van der Waals surface area (Å²) in [6, 6.07) is 0. The molecule has 0 heterocycles. The molecule has 0 atom stereocenters. The third-order valence-corrected chi connectivity index (χ3v) is 0.832. The van der Waals surface area contributed by atoms with Gasteiger partial charge in [-0.2, -0.15) is 5.10 Å². The Bertz CT molecular complexity index is 133. The van der Waals surface area contributed by atoms with Crippen molar-refractivity contribution < 1.29 is 0 Å². The fraction of sp³-hybridized carbons (Fsp3) is 0.667. The monoisotopic (exact) mass is 142 g/mol. The highest BCUT2D eigenvalue weighted by atomic mass is 15.3. The SMILES string of the molecule is CC(C)C/C=N/N=C(N)N. The van der Waals surface area contributed by atoms with Gasteiger partial charge in [0.2, 0.25) is 5.96 Å². The molecule has 10 heavy (non-hydrogen) atoms. The maximum Gasteiger partial charge on any atom is 0.211 e.